The first-order valence-electron chi connectivity index (χ1n) is 5.48. The van der Waals surface area contributed by atoms with Crippen molar-refractivity contribution in [3.63, 3.8) is 0 Å². The number of hydrogen-bond acceptors (Lipinski definition) is 3. The summed E-state index contributed by atoms with van der Waals surface area (Å²) in [5, 5.41) is 6.20. The molecule has 4 nitrogen and oxygen atoms in total. The molecule has 2 aromatic rings. The Morgan fingerprint density at radius 2 is 2.17 bits per heavy atom. The summed E-state index contributed by atoms with van der Waals surface area (Å²) in [7, 11) is 1.41. The van der Waals surface area contributed by atoms with Crippen LogP contribution in [0.5, 0.6) is 5.75 Å². The quantitative estimate of drug-likeness (QED) is 0.901. The zero-order chi connectivity index (χ0) is 13.1. The van der Waals surface area contributed by atoms with E-state index in [1.54, 1.807) is 25.1 Å². The van der Waals surface area contributed by atoms with Crippen molar-refractivity contribution in [3.8, 4) is 5.75 Å². The molecular formula is C13H13FN2O2. The first-order valence-corrected chi connectivity index (χ1v) is 5.48. The third-order valence-corrected chi connectivity index (χ3v) is 2.62. The van der Waals surface area contributed by atoms with Crippen LogP contribution in [0.25, 0.3) is 0 Å². The van der Waals surface area contributed by atoms with Crippen LogP contribution >= 0.6 is 0 Å². The Labute approximate surface area is 103 Å². The Hall–Kier alpha value is -2.17. The average molecular weight is 248 g/mol. The van der Waals surface area contributed by atoms with Gasteiger partial charge in [-0.2, -0.15) is 5.10 Å². The van der Waals surface area contributed by atoms with E-state index in [1.165, 1.54) is 13.2 Å². The molecule has 1 N–H and O–H groups in total. The topological polar surface area (TPSA) is 55.0 Å². The van der Waals surface area contributed by atoms with Crippen molar-refractivity contribution in [2.24, 2.45) is 0 Å². The van der Waals surface area contributed by atoms with E-state index < -0.39 is 5.82 Å². The summed E-state index contributed by atoms with van der Waals surface area (Å²) >= 11 is 0. The van der Waals surface area contributed by atoms with Gasteiger partial charge in [0, 0.05) is 12.0 Å². The highest BCUT2D eigenvalue weighted by Crippen LogP contribution is 2.18. The maximum atomic E-state index is 13.5. The lowest BCUT2D eigenvalue weighted by atomic mass is 10.1. The van der Waals surface area contributed by atoms with E-state index in [4.69, 9.17) is 4.74 Å². The molecular weight excluding hydrogens is 235 g/mol. The van der Waals surface area contributed by atoms with E-state index >= 15 is 0 Å². The second-order valence-corrected chi connectivity index (χ2v) is 4.01. The minimum Gasteiger partial charge on any atom is -0.494 e. The summed E-state index contributed by atoms with van der Waals surface area (Å²) in [6.45, 7) is 1.79. The molecule has 0 amide bonds. The Bertz CT molecular complexity index is 623. The Balaban J connectivity index is 2.31. The maximum absolute atomic E-state index is 13.5. The predicted octanol–water partition coefficient (Wildman–Crippen LogP) is 1.82. The second-order valence-electron chi connectivity index (χ2n) is 4.01. The van der Waals surface area contributed by atoms with Gasteiger partial charge in [0.25, 0.3) is 5.56 Å². The number of halogens is 1. The Morgan fingerprint density at radius 3 is 2.83 bits per heavy atom. The SMILES string of the molecule is COc1ccc(Cc2cc(C)n[nH]c2=O)cc1F. The van der Waals surface area contributed by atoms with Gasteiger partial charge in [-0.15, -0.1) is 0 Å². The number of nitrogens with zero attached hydrogens (tertiary/aromatic N) is 1. The van der Waals surface area contributed by atoms with E-state index in [2.05, 4.69) is 10.2 Å². The fourth-order valence-corrected chi connectivity index (χ4v) is 1.73. The molecule has 2 rings (SSSR count). The van der Waals surface area contributed by atoms with Gasteiger partial charge in [-0.1, -0.05) is 6.07 Å². The fourth-order valence-electron chi connectivity index (χ4n) is 1.73. The minimum atomic E-state index is -0.433. The third-order valence-electron chi connectivity index (χ3n) is 2.62. The van der Waals surface area contributed by atoms with E-state index in [0.717, 1.165) is 5.69 Å². The van der Waals surface area contributed by atoms with Crippen LogP contribution in [0.15, 0.2) is 29.1 Å². The largest absolute Gasteiger partial charge is 0.494 e. The molecule has 0 radical (unpaired) electrons. The van der Waals surface area contributed by atoms with Crippen LogP contribution in [0, 0.1) is 12.7 Å². The van der Waals surface area contributed by atoms with Crippen molar-refractivity contribution in [1.29, 1.82) is 0 Å². The lowest BCUT2D eigenvalue weighted by Gasteiger charge is -2.05. The van der Waals surface area contributed by atoms with Gasteiger partial charge in [-0.25, -0.2) is 9.49 Å². The van der Waals surface area contributed by atoms with Gasteiger partial charge in [-0.05, 0) is 30.7 Å². The summed E-state index contributed by atoms with van der Waals surface area (Å²) in [5.74, 6) is -0.240. The second kappa shape index (κ2) is 5.00. The van der Waals surface area contributed by atoms with Crippen LogP contribution in [0.2, 0.25) is 0 Å². The van der Waals surface area contributed by atoms with Crippen LogP contribution in [0.4, 0.5) is 4.39 Å². The number of methoxy groups -OCH3 is 1. The zero-order valence-corrected chi connectivity index (χ0v) is 10.2. The molecule has 1 aromatic heterocycles. The molecule has 0 spiro atoms. The summed E-state index contributed by atoms with van der Waals surface area (Å²) in [6.07, 6.45) is 0.361. The molecule has 0 saturated carbocycles. The van der Waals surface area contributed by atoms with E-state index in [-0.39, 0.29) is 11.3 Å². The molecule has 0 aliphatic heterocycles. The number of nitrogens with one attached hydrogen (secondary N) is 1. The summed E-state index contributed by atoms with van der Waals surface area (Å²) in [5.41, 5.74) is 1.74. The van der Waals surface area contributed by atoms with Crippen LogP contribution in [-0.2, 0) is 6.42 Å². The molecule has 0 bridgehead atoms. The molecule has 0 atom stereocenters. The fraction of sp³-hybridized carbons (Fsp3) is 0.231. The minimum absolute atomic E-state index is 0.193. The number of hydrogen-bond donors (Lipinski definition) is 1. The number of ether oxygens (including phenoxy) is 1. The number of benzene rings is 1. The molecule has 1 aromatic carbocycles. The highest BCUT2D eigenvalue weighted by molar-refractivity contribution is 5.32. The van der Waals surface area contributed by atoms with Crippen LogP contribution in [0.3, 0.4) is 0 Å². The van der Waals surface area contributed by atoms with Gasteiger partial charge in [0.05, 0.1) is 12.8 Å². The average Bonchev–Trinajstić information content (AvgIpc) is 2.34. The smallest absolute Gasteiger partial charge is 0.267 e. The van der Waals surface area contributed by atoms with Crippen molar-refractivity contribution in [2.45, 2.75) is 13.3 Å². The van der Waals surface area contributed by atoms with Gasteiger partial charge in [0.2, 0.25) is 0 Å². The molecule has 94 valence electrons. The van der Waals surface area contributed by atoms with E-state index in [9.17, 15) is 9.18 Å². The number of aromatic amines is 1. The first kappa shape index (κ1) is 12.3. The highest BCUT2D eigenvalue weighted by atomic mass is 19.1. The highest BCUT2D eigenvalue weighted by Gasteiger charge is 2.06. The molecule has 0 saturated heterocycles. The molecule has 18 heavy (non-hydrogen) atoms. The summed E-state index contributed by atoms with van der Waals surface area (Å²) < 4.78 is 18.3. The van der Waals surface area contributed by atoms with Gasteiger partial charge >= 0.3 is 0 Å². The number of aryl methyl sites for hydroxylation is 1. The normalized spacial score (nSPS) is 10.4. The Morgan fingerprint density at radius 1 is 1.39 bits per heavy atom. The molecule has 0 fully saturated rings. The van der Waals surface area contributed by atoms with Crippen molar-refractivity contribution in [3.05, 3.63) is 57.3 Å². The molecule has 5 heteroatoms. The monoisotopic (exact) mass is 248 g/mol. The molecule has 0 aliphatic carbocycles. The van der Waals surface area contributed by atoms with Crippen LogP contribution in [-0.4, -0.2) is 17.3 Å². The van der Waals surface area contributed by atoms with Crippen LogP contribution < -0.4 is 10.3 Å². The van der Waals surface area contributed by atoms with E-state index in [0.29, 0.717) is 17.5 Å². The maximum Gasteiger partial charge on any atom is 0.267 e. The van der Waals surface area contributed by atoms with Gasteiger partial charge < -0.3 is 4.74 Å². The molecule has 0 unspecified atom stereocenters. The Kier molecular flexibility index (Phi) is 3.41. The summed E-state index contributed by atoms with van der Waals surface area (Å²) in [6, 6.07) is 6.35. The van der Waals surface area contributed by atoms with Crippen LogP contribution in [0.1, 0.15) is 16.8 Å². The van der Waals surface area contributed by atoms with Gasteiger partial charge in [-0.3, -0.25) is 4.79 Å². The lowest BCUT2D eigenvalue weighted by molar-refractivity contribution is 0.386. The summed E-state index contributed by atoms with van der Waals surface area (Å²) in [4.78, 5) is 11.5. The van der Waals surface area contributed by atoms with Crippen molar-refractivity contribution in [1.82, 2.24) is 10.2 Å². The number of aromatic nitrogens is 2. The molecule has 0 aliphatic rings. The predicted molar refractivity (Wildman–Crippen MR) is 65.4 cm³/mol. The first-order chi connectivity index (χ1) is 8.60. The van der Waals surface area contributed by atoms with Crippen molar-refractivity contribution in [2.75, 3.05) is 7.11 Å². The lowest BCUT2D eigenvalue weighted by Crippen LogP contribution is -2.15. The standard InChI is InChI=1S/C13H13FN2O2/c1-8-5-10(13(17)16-15-8)6-9-3-4-12(18-2)11(14)7-9/h3-5,7H,6H2,1-2H3,(H,16,17). The number of H-pyrrole nitrogens is 1. The van der Waals surface area contributed by atoms with Crippen molar-refractivity contribution >= 4 is 0 Å². The third kappa shape index (κ3) is 2.56. The number of rotatable bonds is 3. The zero-order valence-electron chi connectivity index (χ0n) is 10.2. The van der Waals surface area contributed by atoms with E-state index in [1.807, 2.05) is 0 Å². The molecule has 1 heterocycles. The van der Waals surface area contributed by atoms with Crippen molar-refractivity contribution < 1.29 is 9.13 Å². The van der Waals surface area contributed by atoms with Gasteiger partial charge in [0.1, 0.15) is 0 Å². The van der Waals surface area contributed by atoms with Gasteiger partial charge in [0.15, 0.2) is 11.6 Å².